The van der Waals surface area contributed by atoms with Gasteiger partial charge in [0, 0.05) is 48.9 Å². The van der Waals surface area contributed by atoms with Gasteiger partial charge in [-0.2, -0.15) is 0 Å². The van der Waals surface area contributed by atoms with Gasteiger partial charge in [0.2, 0.25) is 0 Å². The number of amides is 2. The van der Waals surface area contributed by atoms with Crippen LogP contribution >= 0.6 is 11.3 Å². The second-order valence-corrected chi connectivity index (χ2v) is 8.59. The molecule has 0 aliphatic carbocycles. The first-order valence-electron chi connectivity index (χ1n) is 9.86. The van der Waals surface area contributed by atoms with Gasteiger partial charge in [0.05, 0.1) is 24.4 Å². The van der Waals surface area contributed by atoms with Crippen LogP contribution in [0, 0.1) is 0 Å². The lowest BCUT2D eigenvalue weighted by molar-refractivity contribution is -0.142. The number of para-hydroxylation sites is 1. The fourth-order valence-corrected chi connectivity index (χ4v) is 4.20. The second-order valence-electron chi connectivity index (χ2n) is 7.70. The molecule has 2 heterocycles. The molecule has 0 saturated heterocycles. The number of carbonyl (C=O) groups excluding carboxylic acids is 2. The lowest BCUT2D eigenvalue weighted by Crippen LogP contribution is -2.48. The van der Waals surface area contributed by atoms with E-state index in [1.54, 1.807) is 18.4 Å². The molecule has 0 aliphatic rings. The van der Waals surface area contributed by atoms with Gasteiger partial charge >= 0.3 is 12.0 Å². The third-order valence-electron chi connectivity index (χ3n) is 5.00. The number of rotatable bonds is 7. The molecule has 2 aromatic heterocycles. The van der Waals surface area contributed by atoms with Crippen molar-refractivity contribution >= 4 is 34.2 Å². The molecule has 2 amide bonds. The van der Waals surface area contributed by atoms with Crippen molar-refractivity contribution in [1.82, 2.24) is 19.8 Å². The van der Waals surface area contributed by atoms with Gasteiger partial charge in [-0.3, -0.25) is 0 Å². The number of nitrogens with zero attached hydrogens (tertiary/aromatic N) is 3. The number of fused-ring (bicyclic) bond motifs is 1. The maximum atomic E-state index is 12.8. The highest BCUT2D eigenvalue weighted by atomic mass is 32.1. The lowest BCUT2D eigenvalue weighted by atomic mass is 10.1. The molecular weight excluding hydrogens is 400 g/mol. The van der Waals surface area contributed by atoms with Gasteiger partial charge in [0.1, 0.15) is 6.04 Å². The summed E-state index contributed by atoms with van der Waals surface area (Å²) in [6.45, 7) is 4.55. The Kier molecular flexibility index (Phi) is 6.77. The Hall–Kier alpha value is -2.87. The number of hydrogen-bond donors (Lipinski definition) is 1. The van der Waals surface area contributed by atoms with Gasteiger partial charge in [-0.25, -0.2) is 14.6 Å². The predicted molar refractivity (Wildman–Crippen MR) is 119 cm³/mol. The number of thiazole rings is 1. The van der Waals surface area contributed by atoms with Crippen molar-refractivity contribution in [3.63, 3.8) is 0 Å². The van der Waals surface area contributed by atoms with Crippen molar-refractivity contribution < 1.29 is 14.3 Å². The van der Waals surface area contributed by atoms with E-state index in [1.807, 2.05) is 47.5 Å². The molecule has 0 bridgehead atoms. The molecule has 8 heteroatoms. The summed E-state index contributed by atoms with van der Waals surface area (Å²) in [4.78, 5) is 31.2. The maximum Gasteiger partial charge on any atom is 0.328 e. The van der Waals surface area contributed by atoms with E-state index in [-0.39, 0.29) is 6.03 Å². The van der Waals surface area contributed by atoms with Crippen molar-refractivity contribution in [2.45, 2.75) is 38.8 Å². The zero-order chi connectivity index (χ0) is 21.8. The van der Waals surface area contributed by atoms with Crippen molar-refractivity contribution in [3.05, 3.63) is 52.1 Å². The number of aromatic nitrogens is 2. The number of aryl methyl sites for hydroxylation is 1. The zero-order valence-corrected chi connectivity index (χ0v) is 18.8. The minimum Gasteiger partial charge on any atom is -0.467 e. The highest BCUT2D eigenvalue weighted by molar-refractivity contribution is 7.09. The molecule has 160 valence electrons. The maximum absolute atomic E-state index is 12.8. The standard InChI is InChI=1S/C22H28N4O3S/c1-14(2)20-23-16(13-30-20)12-26(4)22(28)24-18(21(27)29-5)10-15-11-25(3)19-9-7-6-8-17(15)19/h6-9,11,13-14,18H,10,12H2,1-5H3,(H,24,28)/t18-/m0/s1. The Morgan fingerprint density at radius 1 is 1.30 bits per heavy atom. The van der Waals surface area contributed by atoms with E-state index in [4.69, 9.17) is 4.74 Å². The van der Waals surface area contributed by atoms with E-state index in [0.717, 1.165) is 27.2 Å². The average molecular weight is 429 g/mol. The van der Waals surface area contributed by atoms with E-state index in [0.29, 0.717) is 18.9 Å². The van der Waals surface area contributed by atoms with E-state index in [9.17, 15) is 9.59 Å². The molecule has 7 nitrogen and oxygen atoms in total. The molecule has 3 rings (SSSR count). The monoisotopic (exact) mass is 428 g/mol. The molecule has 1 aromatic carbocycles. The van der Waals surface area contributed by atoms with Gasteiger partial charge in [-0.1, -0.05) is 32.0 Å². The van der Waals surface area contributed by atoms with Crippen LogP contribution in [0.5, 0.6) is 0 Å². The van der Waals surface area contributed by atoms with Crippen LogP contribution in [-0.4, -0.2) is 46.7 Å². The molecule has 0 unspecified atom stereocenters. The minimum atomic E-state index is -0.780. The largest absolute Gasteiger partial charge is 0.467 e. The van der Waals surface area contributed by atoms with Crippen molar-refractivity contribution in [1.29, 1.82) is 0 Å². The summed E-state index contributed by atoms with van der Waals surface area (Å²) < 4.78 is 6.96. The van der Waals surface area contributed by atoms with E-state index >= 15 is 0 Å². The molecule has 3 aromatic rings. The van der Waals surface area contributed by atoms with Crippen LogP contribution in [0.1, 0.15) is 36.0 Å². The van der Waals surface area contributed by atoms with Crippen LogP contribution in [0.4, 0.5) is 4.79 Å². The number of methoxy groups -OCH3 is 1. The number of benzene rings is 1. The Balaban J connectivity index is 1.72. The molecule has 30 heavy (non-hydrogen) atoms. The van der Waals surface area contributed by atoms with Crippen LogP contribution in [0.25, 0.3) is 10.9 Å². The number of esters is 1. The van der Waals surface area contributed by atoms with Gasteiger partial charge in [-0.15, -0.1) is 11.3 Å². The summed E-state index contributed by atoms with van der Waals surface area (Å²) >= 11 is 1.59. The molecule has 1 atom stereocenters. The summed E-state index contributed by atoms with van der Waals surface area (Å²) in [7, 11) is 4.98. The summed E-state index contributed by atoms with van der Waals surface area (Å²) in [6, 6.07) is 6.86. The number of nitrogens with one attached hydrogen (secondary N) is 1. The normalized spacial score (nSPS) is 12.2. The number of ether oxygens (including phenoxy) is 1. The topological polar surface area (TPSA) is 76.5 Å². The smallest absolute Gasteiger partial charge is 0.328 e. The quantitative estimate of drug-likeness (QED) is 0.583. The van der Waals surface area contributed by atoms with Gasteiger partial charge < -0.3 is 19.5 Å². The molecule has 0 fully saturated rings. The first kappa shape index (κ1) is 21.8. The van der Waals surface area contributed by atoms with Crippen molar-refractivity contribution in [2.75, 3.05) is 14.2 Å². The Morgan fingerprint density at radius 2 is 2.03 bits per heavy atom. The van der Waals surface area contributed by atoms with Crippen LogP contribution in [0.3, 0.4) is 0 Å². The first-order valence-corrected chi connectivity index (χ1v) is 10.7. The fraction of sp³-hybridized carbons (Fsp3) is 0.409. The second kappa shape index (κ2) is 9.30. The predicted octanol–water partition coefficient (Wildman–Crippen LogP) is 3.68. The van der Waals surface area contributed by atoms with Crippen LogP contribution in [-0.2, 0) is 29.5 Å². The first-order chi connectivity index (χ1) is 14.3. The SMILES string of the molecule is COC(=O)[C@H](Cc1cn(C)c2ccccc12)NC(=O)N(C)Cc1csc(C(C)C)n1. The van der Waals surface area contributed by atoms with E-state index in [1.165, 1.54) is 12.0 Å². The Morgan fingerprint density at radius 3 is 2.70 bits per heavy atom. The molecule has 1 N–H and O–H groups in total. The van der Waals surface area contributed by atoms with Gasteiger partial charge in [0.15, 0.2) is 0 Å². The fourth-order valence-electron chi connectivity index (χ4n) is 3.38. The van der Waals surface area contributed by atoms with E-state index < -0.39 is 12.0 Å². The molecule has 0 radical (unpaired) electrons. The highest BCUT2D eigenvalue weighted by Gasteiger charge is 2.25. The summed E-state index contributed by atoms with van der Waals surface area (Å²) in [6.07, 6.45) is 2.33. The van der Waals surface area contributed by atoms with Gasteiger partial charge in [0.25, 0.3) is 0 Å². The third-order valence-corrected chi connectivity index (χ3v) is 6.19. The number of hydrogen-bond acceptors (Lipinski definition) is 5. The number of urea groups is 1. The summed E-state index contributed by atoms with van der Waals surface area (Å²) in [5.41, 5.74) is 2.89. The zero-order valence-electron chi connectivity index (χ0n) is 18.0. The lowest BCUT2D eigenvalue weighted by Gasteiger charge is -2.21. The van der Waals surface area contributed by atoms with Crippen molar-refractivity contribution in [3.8, 4) is 0 Å². The van der Waals surface area contributed by atoms with Crippen molar-refractivity contribution in [2.24, 2.45) is 7.05 Å². The number of carbonyl (C=O) groups is 2. The summed E-state index contributed by atoms with van der Waals surface area (Å²) in [5.74, 6) is -0.118. The van der Waals surface area contributed by atoms with Crippen LogP contribution in [0.2, 0.25) is 0 Å². The molecule has 0 aliphatic heterocycles. The highest BCUT2D eigenvalue weighted by Crippen LogP contribution is 2.22. The summed E-state index contributed by atoms with van der Waals surface area (Å²) in [5, 5.41) is 6.88. The van der Waals surface area contributed by atoms with Gasteiger partial charge in [-0.05, 0) is 11.6 Å². The molecule has 0 saturated carbocycles. The van der Waals surface area contributed by atoms with Crippen LogP contribution < -0.4 is 5.32 Å². The molecule has 0 spiro atoms. The van der Waals surface area contributed by atoms with Crippen LogP contribution in [0.15, 0.2) is 35.8 Å². The average Bonchev–Trinajstić information content (AvgIpc) is 3.32. The minimum absolute atomic E-state index is 0.343. The Bertz CT molecular complexity index is 1040. The molecular formula is C22H28N4O3S. The Labute approximate surface area is 180 Å². The third kappa shape index (κ3) is 4.81. The van der Waals surface area contributed by atoms with E-state index in [2.05, 4.69) is 24.1 Å².